The lowest BCUT2D eigenvalue weighted by Crippen LogP contribution is -2.39. The first-order valence-corrected chi connectivity index (χ1v) is 8.83. The SMILES string of the molecule is Cc1ccc(NC(=O)C(=O)N(Cc2ccccc2)c2ccccc2)c(C)c1. The Morgan fingerprint density at radius 2 is 1.48 bits per heavy atom. The molecule has 0 aliphatic carbocycles. The van der Waals surface area contributed by atoms with E-state index in [9.17, 15) is 9.59 Å². The Balaban J connectivity index is 1.84. The van der Waals surface area contributed by atoms with Gasteiger partial charge in [-0.2, -0.15) is 0 Å². The highest BCUT2D eigenvalue weighted by atomic mass is 16.2. The first-order valence-electron chi connectivity index (χ1n) is 8.83. The summed E-state index contributed by atoms with van der Waals surface area (Å²) in [6.45, 7) is 4.22. The summed E-state index contributed by atoms with van der Waals surface area (Å²) in [5, 5.41) is 2.74. The van der Waals surface area contributed by atoms with Crippen molar-refractivity contribution in [2.75, 3.05) is 10.2 Å². The number of carbonyl (C=O) groups is 2. The predicted molar refractivity (Wildman–Crippen MR) is 109 cm³/mol. The van der Waals surface area contributed by atoms with Crippen molar-refractivity contribution in [1.29, 1.82) is 0 Å². The van der Waals surface area contributed by atoms with Gasteiger partial charge in [-0.25, -0.2) is 0 Å². The maximum absolute atomic E-state index is 12.9. The van der Waals surface area contributed by atoms with E-state index in [0.29, 0.717) is 17.9 Å². The molecule has 0 fully saturated rings. The first-order chi connectivity index (χ1) is 13.0. The summed E-state index contributed by atoms with van der Waals surface area (Å²) in [7, 11) is 0. The minimum atomic E-state index is -0.651. The second kappa shape index (κ2) is 8.32. The fraction of sp³-hybridized carbons (Fsp3) is 0.130. The summed E-state index contributed by atoms with van der Waals surface area (Å²) in [6.07, 6.45) is 0. The lowest BCUT2D eigenvalue weighted by atomic mass is 10.1. The maximum Gasteiger partial charge on any atom is 0.316 e. The van der Waals surface area contributed by atoms with E-state index in [4.69, 9.17) is 0 Å². The monoisotopic (exact) mass is 358 g/mol. The Bertz CT molecular complexity index is 937. The Morgan fingerprint density at radius 3 is 2.11 bits per heavy atom. The van der Waals surface area contributed by atoms with E-state index < -0.39 is 11.8 Å². The van der Waals surface area contributed by atoms with Crippen LogP contribution in [-0.2, 0) is 16.1 Å². The summed E-state index contributed by atoms with van der Waals surface area (Å²) in [5.74, 6) is -1.24. The number of carbonyl (C=O) groups excluding carboxylic acids is 2. The number of hydrogen-bond donors (Lipinski definition) is 1. The molecule has 0 heterocycles. The minimum absolute atomic E-state index is 0.323. The van der Waals surface area contributed by atoms with Crippen LogP contribution in [-0.4, -0.2) is 11.8 Å². The van der Waals surface area contributed by atoms with Crippen LogP contribution >= 0.6 is 0 Å². The van der Waals surface area contributed by atoms with Crippen molar-refractivity contribution in [1.82, 2.24) is 0 Å². The fourth-order valence-electron chi connectivity index (χ4n) is 2.91. The van der Waals surface area contributed by atoms with Crippen LogP contribution in [0.5, 0.6) is 0 Å². The molecule has 0 saturated carbocycles. The maximum atomic E-state index is 12.9. The third kappa shape index (κ3) is 4.61. The van der Waals surface area contributed by atoms with Crippen molar-refractivity contribution in [2.24, 2.45) is 0 Å². The van der Waals surface area contributed by atoms with Gasteiger partial charge in [-0.3, -0.25) is 14.5 Å². The van der Waals surface area contributed by atoms with E-state index in [2.05, 4.69) is 5.32 Å². The van der Waals surface area contributed by atoms with Crippen molar-refractivity contribution < 1.29 is 9.59 Å². The molecule has 0 aromatic heterocycles. The van der Waals surface area contributed by atoms with Crippen LogP contribution in [0.4, 0.5) is 11.4 Å². The zero-order valence-electron chi connectivity index (χ0n) is 15.5. The van der Waals surface area contributed by atoms with Crippen LogP contribution in [0.1, 0.15) is 16.7 Å². The largest absolute Gasteiger partial charge is 0.318 e. The molecule has 0 unspecified atom stereocenters. The van der Waals surface area contributed by atoms with Gasteiger partial charge in [-0.05, 0) is 43.2 Å². The van der Waals surface area contributed by atoms with E-state index in [1.165, 1.54) is 4.90 Å². The van der Waals surface area contributed by atoms with Gasteiger partial charge in [-0.1, -0.05) is 66.2 Å². The Morgan fingerprint density at radius 1 is 0.852 bits per heavy atom. The van der Waals surface area contributed by atoms with Crippen LogP contribution < -0.4 is 10.2 Å². The summed E-state index contributed by atoms with van der Waals surface area (Å²) in [6, 6.07) is 24.6. The lowest BCUT2D eigenvalue weighted by molar-refractivity contribution is -0.134. The van der Waals surface area contributed by atoms with Gasteiger partial charge >= 0.3 is 11.8 Å². The van der Waals surface area contributed by atoms with Gasteiger partial charge in [0, 0.05) is 11.4 Å². The smallest absolute Gasteiger partial charge is 0.316 e. The first kappa shape index (κ1) is 18.4. The van der Waals surface area contributed by atoms with E-state index in [0.717, 1.165) is 16.7 Å². The minimum Gasteiger partial charge on any atom is -0.318 e. The van der Waals surface area contributed by atoms with Gasteiger partial charge in [0.05, 0.1) is 6.54 Å². The third-order valence-electron chi connectivity index (χ3n) is 4.32. The van der Waals surface area contributed by atoms with Crippen molar-refractivity contribution in [3.63, 3.8) is 0 Å². The van der Waals surface area contributed by atoms with Crippen molar-refractivity contribution in [2.45, 2.75) is 20.4 Å². The number of nitrogens with one attached hydrogen (secondary N) is 1. The number of rotatable bonds is 4. The van der Waals surface area contributed by atoms with E-state index in [-0.39, 0.29) is 0 Å². The van der Waals surface area contributed by atoms with Crippen molar-refractivity contribution >= 4 is 23.2 Å². The lowest BCUT2D eigenvalue weighted by Gasteiger charge is -2.22. The number of amides is 2. The molecule has 2 amide bonds. The van der Waals surface area contributed by atoms with Crippen LogP contribution in [0.15, 0.2) is 78.9 Å². The number of para-hydroxylation sites is 1. The molecule has 0 atom stereocenters. The van der Waals surface area contributed by atoms with Gasteiger partial charge in [0.1, 0.15) is 0 Å². The molecule has 0 saturated heterocycles. The normalized spacial score (nSPS) is 10.3. The molecule has 0 radical (unpaired) electrons. The van der Waals surface area contributed by atoms with Crippen molar-refractivity contribution in [3.05, 3.63) is 95.6 Å². The summed E-state index contributed by atoms with van der Waals surface area (Å²) in [4.78, 5) is 27.1. The topological polar surface area (TPSA) is 49.4 Å². The highest BCUT2D eigenvalue weighted by Gasteiger charge is 2.24. The Kier molecular flexibility index (Phi) is 5.67. The van der Waals surface area contributed by atoms with Crippen LogP contribution in [0.3, 0.4) is 0 Å². The average molecular weight is 358 g/mol. The van der Waals surface area contributed by atoms with Gasteiger partial charge in [0.25, 0.3) is 0 Å². The van der Waals surface area contributed by atoms with Gasteiger partial charge in [0.2, 0.25) is 0 Å². The Hall–Kier alpha value is -3.40. The van der Waals surface area contributed by atoms with Crippen LogP contribution in [0.2, 0.25) is 0 Å². The second-order valence-corrected chi connectivity index (χ2v) is 6.48. The summed E-state index contributed by atoms with van der Waals surface area (Å²) in [5.41, 5.74) is 4.31. The van der Waals surface area contributed by atoms with E-state index in [1.807, 2.05) is 92.7 Å². The molecular formula is C23H22N2O2. The highest BCUT2D eigenvalue weighted by Crippen LogP contribution is 2.19. The standard InChI is InChI=1S/C23H22N2O2/c1-17-13-14-21(18(2)15-17)24-22(26)23(27)25(20-11-7-4-8-12-20)16-19-9-5-3-6-10-19/h3-15H,16H2,1-2H3,(H,24,26). The fourth-order valence-corrected chi connectivity index (χ4v) is 2.91. The van der Waals surface area contributed by atoms with Crippen molar-refractivity contribution in [3.8, 4) is 0 Å². The number of anilines is 2. The van der Waals surface area contributed by atoms with Crippen LogP contribution in [0, 0.1) is 13.8 Å². The molecule has 27 heavy (non-hydrogen) atoms. The molecule has 0 spiro atoms. The third-order valence-corrected chi connectivity index (χ3v) is 4.32. The molecule has 3 aromatic rings. The zero-order chi connectivity index (χ0) is 19.2. The summed E-state index contributed by atoms with van der Waals surface area (Å²) < 4.78 is 0. The molecule has 4 nitrogen and oxygen atoms in total. The number of hydrogen-bond acceptors (Lipinski definition) is 2. The van der Waals surface area contributed by atoms with E-state index >= 15 is 0 Å². The average Bonchev–Trinajstić information content (AvgIpc) is 2.69. The summed E-state index contributed by atoms with van der Waals surface area (Å²) >= 11 is 0. The molecule has 0 bridgehead atoms. The quantitative estimate of drug-likeness (QED) is 0.699. The molecule has 3 rings (SSSR count). The van der Waals surface area contributed by atoms with Gasteiger partial charge in [-0.15, -0.1) is 0 Å². The zero-order valence-corrected chi connectivity index (χ0v) is 15.5. The number of nitrogens with zero attached hydrogens (tertiary/aromatic N) is 1. The van der Waals surface area contributed by atoms with Gasteiger partial charge in [0.15, 0.2) is 0 Å². The predicted octanol–water partition coefficient (Wildman–Crippen LogP) is 4.48. The Labute approximate surface area is 159 Å². The molecule has 0 aliphatic rings. The number of benzene rings is 3. The highest BCUT2D eigenvalue weighted by molar-refractivity contribution is 6.44. The molecule has 0 aliphatic heterocycles. The molecule has 3 aromatic carbocycles. The van der Waals surface area contributed by atoms with E-state index in [1.54, 1.807) is 0 Å². The second-order valence-electron chi connectivity index (χ2n) is 6.48. The van der Waals surface area contributed by atoms with Gasteiger partial charge < -0.3 is 5.32 Å². The molecule has 1 N–H and O–H groups in total. The van der Waals surface area contributed by atoms with Crippen LogP contribution in [0.25, 0.3) is 0 Å². The number of aryl methyl sites for hydroxylation is 2. The molecule has 136 valence electrons. The molecular weight excluding hydrogens is 336 g/mol. The molecule has 4 heteroatoms.